The second kappa shape index (κ2) is 8.38. The van der Waals surface area contributed by atoms with Crippen molar-refractivity contribution in [3.05, 3.63) is 54.1 Å². The van der Waals surface area contributed by atoms with Crippen LogP contribution in [0.25, 0.3) is 0 Å². The summed E-state index contributed by atoms with van der Waals surface area (Å²) >= 11 is 0. The van der Waals surface area contributed by atoms with Crippen LogP contribution in [0.5, 0.6) is 5.75 Å². The minimum absolute atomic E-state index is 0.0718. The van der Waals surface area contributed by atoms with Gasteiger partial charge in [0.05, 0.1) is 19.3 Å². The smallest absolute Gasteiger partial charge is 0.251 e. The third kappa shape index (κ3) is 5.81. The van der Waals surface area contributed by atoms with Crippen LogP contribution < -0.4 is 20.7 Å². The van der Waals surface area contributed by atoms with Crippen molar-refractivity contribution in [1.29, 1.82) is 0 Å². The molecule has 2 aromatic carbocycles. The number of carbonyl (C=O) groups is 2. The maximum Gasteiger partial charge on any atom is 0.251 e. The Morgan fingerprint density at radius 2 is 1.77 bits per heavy atom. The van der Waals surface area contributed by atoms with Crippen molar-refractivity contribution in [3.8, 4) is 5.75 Å². The Bertz CT molecular complexity index is 782. The number of amides is 2. The van der Waals surface area contributed by atoms with Gasteiger partial charge in [-0.25, -0.2) is 0 Å². The van der Waals surface area contributed by atoms with Crippen molar-refractivity contribution in [2.45, 2.75) is 26.3 Å². The van der Waals surface area contributed by atoms with Crippen LogP contribution in [0.2, 0.25) is 0 Å². The Kier molecular flexibility index (Phi) is 6.22. The maximum atomic E-state index is 12.2. The molecule has 2 amide bonds. The molecule has 0 saturated carbocycles. The van der Waals surface area contributed by atoms with Gasteiger partial charge in [0.2, 0.25) is 5.91 Å². The number of methoxy groups -OCH3 is 1. The highest BCUT2D eigenvalue weighted by atomic mass is 16.5. The molecule has 0 aliphatic heterocycles. The van der Waals surface area contributed by atoms with E-state index < -0.39 is 0 Å². The summed E-state index contributed by atoms with van der Waals surface area (Å²) in [4.78, 5) is 24.4. The topological polar surface area (TPSA) is 79.5 Å². The van der Waals surface area contributed by atoms with Crippen molar-refractivity contribution in [3.63, 3.8) is 0 Å². The third-order valence-electron chi connectivity index (χ3n) is 3.45. The van der Waals surface area contributed by atoms with Gasteiger partial charge in [-0.15, -0.1) is 0 Å². The number of ether oxygens (including phenoxy) is 1. The van der Waals surface area contributed by atoms with E-state index in [4.69, 9.17) is 4.74 Å². The van der Waals surface area contributed by atoms with E-state index in [0.29, 0.717) is 22.7 Å². The second-order valence-corrected chi connectivity index (χ2v) is 6.89. The number of nitrogens with one attached hydrogen (secondary N) is 3. The lowest BCUT2D eigenvalue weighted by molar-refractivity contribution is -0.114. The maximum absolute atomic E-state index is 12.2. The van der Waals surface area contributed by atoms with Crippen molar-refractivity contribution >= 4 is 23.2 Å². The normalized spacial score (nSPS) is 10.8. The average molecular weight is 355 g/mol. The van der Waals surface area contributed by atoms with E-state index in [9.17, 15) is 9.59 Å². The fraction of sp³-hybridized carbons (Fsp3) is 0.300. The van der Waals surface area contributed by atoms with E-state index in [1.807, 2.05) is 39.0 Å². The van der Waals surface area contributed by atoms with E-state index in [2.05, 4.69) is 16.0 Å². The summed E-state index contributed by atoms with van der Waals surface area (Å²) in [5, 5.41) is 8.73. The molecule has 0 aromatic heterocycles. The van der Waals surface area contributed by atoms with Gasteiger partial charge < -0.3 is 20.7 Å². The molecule has 0 aliphatic rings. The van der Waals surface area contributed by atoms with E-state index in [1.165, 1.54) is 0 Å². The number of benzene rings is 2. The van der Waals surface area contributed by atoms with Gasteiger partial charge in [-0.3, -0.25) is 9.59 Å². The van der Waals surface area contributed by atoms with Gasteiger partial charge in [-0.05, 0) is 51.1 Å². The SMILES string of the molecule is COc1ccccc1NC(=O)CNc1cccc(C(=O)NC(C)(C)C)c1. The zero-order valence-electron chi connectivity index (χ0n) is 15.6. The largest absolute Gasteiger partial charge is 0.495 e. The summed E-state index contributed by atoms with van der Waals surface area (Å²) in [5.41, 5.74) is 1.53. The first kappa shape index (κ1) is 19.3. The zero-order valence-corrected chi connectivity index (χ0v) is 15.6. The molecule has 138 valence electrons. The quantitative estimate of drug-likeness (QED) is 0.743. The van der Waals surface area contributed by atoms with Crippen LogP contribution in [0, 0.1) is 0 Å². The number of hydrogen-bond donors (Lipinski definition) is 3. The summed E-state index contributed by atoms with van der Waals surface area (Å²) < 4.78 is 5.21. The van der Waals surface area contributed by atoms with Crippen LogP contribution in [0.1, 0.15) is 31.1 Å². The number of carbonyl (C=O) groups excluding carboxylic acids is 2. The minimum atomic E-state index is -0.310. The van der Waals surface area contributed by atoms with Crippen LogP contribution in [0.4, 0.5) is 11.4 Å². The molecular formula is C20H25N3O3. The summed E-state index contributed by atoms with van der Waals surface area (Å²) in [7, 11) is 1.55. The Morgan fingerprint density at radius 1 is 1.04 bits per heavy atom. The molecule has 0 fully saturated rings. The van der Waals surface area contributed by atoms with Gasteiger partial charge in [-0.2, -0.15) is 0 Å². The summed E-state index contributed by atoms with van der Waals surface area (Å²) in [6, 6.07) is 14.2. The van der Waals surface area contributed by atoms with Crippen LogP contribution in [0.15, 0.2) is 48.5 Å². The fourth-order valence-electron chi connectivity index (χ4n) is 2.31. The highest BCUT2D eigenvalue weighted by molar-refractivity contribution is 5.97. The van der Waals surface area contributed by atoms with Crippen LogP contribution in [-0.4, -0.2) is 31.0 Å². The molecule has 6 nitrogen and oxygen atoms in total. The standard InChI is InChI=1S/C20H25N3O3/c1-20(2,3)23-19(25)14-8-7-9-15(12-14)21-13-18(24)22-16-10-5-6-11-17(16)26-4/h5-12,21H,13H2,1-4H3,(H,22,24)(H,23,25). The van der Waals surface area contributed by atoms with Gasteiger partial charge in [-0.1, -0.05) is 18.2 Å². The molecule has 3 N–H and O–H groups in total. The van der Waals surface area contributed by atoms with Crippen molar-refractivity contribution in [1.82, 2.24) is 5.32 Å². The van der Waals surface area contributed by atoms with Crippen LogP contribution >= 0.6 is 0 Å². The van der Waals surface area contributed by atoms with Crippen molar-refractivity contribution in [2.75, 3.05) is 24.3 Å². The Labute approximate surface area is 153 Å². The molecule has 26 heavy (non-hydrogen) atoms. The molecule has 0 unspecified atom stereocenters. The molecule has 0 radical (unpaired) electrons. The lowest BCUT2D eigenvalue weighted by atomic mass is 10.1. The molecule has 0 bridgehead atoms. The Balaban J connectivity index is 1.96. The molecule has 0 saturated heterocycles. The van der Waals surface area contributed by atoms with Gasteiger partial charge in [0.25, 0.3) is 5.91 Å². The number of hydrogen-bond acceptors (Lipinski definition) is 4. The molecule has 2 aromatic rings. The lowest BCUT2D eigenvalue weighted by Crippen LogP contribution is -2.40. The minimum Gasteiger partial charge on any atom is -0.495 e. The molecule has 6 heteroatoms. The van der Waals surface area contributed by atoms with Gasteiger partial charge in [0.15, 0.2) is 0 Å². The Hall–Kier alpha value is -3.02. The number of para-hydroxylation sites is 2. The summed E-state index contributed by atoms with van der Waals surface area (Å²) in [6.07, 6.45) is 0. The first-order valence-electron chi connectivity index (χ1n) is 8.38. The number of rotatable bonds is 6. The monoisotopic (exact) mass is 355 g/mol. The molecular weight excluding hydrogens is 330 g/mol. The van der Waals surface area contributed by atoms with Gasteiger partial charge in [0, 0.05) is 16.8 Å². The molecule has 0 aliphatic carbocycles. The van der Waals surface area contributed by atoms with E-state index in [1.54, 1.807) is 37.4 Å². The van der Waals surface area contributed by atoms with E-state index in [-0.39, 0.29) is 23.9 Å². The summed E-state index contributed by atoms with van der Waals surface area (Å²) in [6.45, 7) is 5.85. The highest BCUT2D eigenvalue weighted by Crippen LogP contribution is 2.22. The second-order valence-electron chi connectivity index (χ2n) is 6.89. The first-order valence-corrected chi connectivity index (χ1v) is 8.38. The van der Waals surface area contributed by atoms with E-state index in [0.717, 1.165) is 0 Å². The zero-order chi connectivity index (χ0) is 19.2. The molecule has 2 rings (SSSR count). The predicted molar refractivity (Wildman–Crippen MR) is 104 cm³/mol. The molecule has 0 atom stereocenters. The van der Waals surface area contributed by atoms with Gasteiger partial charge in [0.1, 0.15) is 5.75 Å². The van der Waals surface area contributed by atoms with Crippen LogP contribution in [-0.2, 0) is 4.79 Å². The van der Waals surface area contributed by atoms with Gasteiger partial charge >= 0.3 is 0 Å². The first-order chi connectivity index (χ1) is 12.3. The molecule has 0 heterocycles. The average Bonchev–Trinajstić information content (AvgIpc) is 2.59. The number of anilines is 2. The fourth-order valence-corrected chi connectivity index (χ4v) is 2.31. The Morgan fingerprint density at radius 3 is 2.46 bits per heavy atom. The third-order valence-corrected chi connectivity index (χ3v) is 3.45. The van der Waals surface area contributed by atoms with Crippen LogP contribution in [0.3, 0.4) is 0 Å². The van der Waals surface area contributed by atoms with Crippen molar-refractivity contribution in [2.24, 2.45) is 0 Å². The lowest BCUT2D eigenvalue weighted by Gasteiger charge is -2.20. The highest BCUT2D eigenvalue weighted by Gasteiger charge is 2.15. The molecule has 0 spiro atoms. The van der Waals surface area contributed by atoms with E-state index >= 15 is 0 Å². The summed E-state index contributed by atoms with van der Waals surface area (Å²) in [5.74, 6) is 0.236. The predicted octanol–water partition coefficient (Wildman–Crippen LogP) is 3.27. The van der Waals surface area contributed by atoms with Crippen molar-refractivity contribution < 1.29 is 14.3 Å².